The Balaban J connectivity index is 4.68. The predicted molar refractivity (Wildman–Crippen MR) is 77.6 cm³/mol. The highest BCUT2D eigenvalue weighted by Crippen LogP contribution is 2.40. The zero-order valence-corrected chi connectivity index (χ0v) is 13.3. The van der Waals surface area contributed by atoms with Crippen LogP contribution in [-0.4, -0.2) is 29.5 Å². The zero-order chi connectivity index (χ0) is 14.6. The van der Waals surface area contributed by atoms with E-state index in [0.717, 1.165) is 12.8 Å². The summed E-state index contributed by atoms with van der Waals surface area (Å²) in [5.41, 5.74) is 5.60. The van der Waals surface area contributed by atoms with Crippen LogP contribution in [0.3, 0.4) is 0 Å². The lowest BCUT2D eigenvalue weighted by molar-refractivity contribution is -0.132. The van der Waals surface area contributed by atoms with Gasteiger partial charge in [-0.25, -0.2) is 0 Å². The monoisotopic (exact) mass is 259 g/mol. The van der Waals surface area contributed by atoms with Gasteiger partial charge in [-0.05, 0) is 44.9 Å². The van der Waals surface area contributed by atoms with Crippen LogP contribution in [0.5, 0.6) is 0 Å². The Kier molecular flexibility index (Phi) is 6.31. The van der Waals surface area contributed by atoms with E-state index in [1.807, 2.05) is 13.8 Å². The van der Waals surface area contributed by atoms with Crippen LogP contribution >= 0.6 is 0 Å². The molecule has 0 radical (unpaired) electrons. The van der Waals surface area contributed by atoms with E-state index in [0.29, 0.717) is 12.5 Å². The maximum absolute atomic E-state index is 9.19. The molecule has 0 aliphatic rings. The van der Waals surface area contributed by atoms with Crippen LogP contribution in [0.1, 0.15) is 61.3 Å². The molecule has 0 aromatic rings. The van der Waals surface area contributed by atoms with Gasteiger partial charge in [0.2, 0.25) is 0 Å². The molecular weight excluding hydrogens is 226 g/mol. The zero-order valence-electron chi connectivity index (χ0n) is 13.3. The second-order valence-electron chi connectivity index (χ2n) is 6.98. The van der Waals surface area contributed by atoms with Crippen LogP contribution in [0.15, 0.2) is 0 Å². The minimum atomic E-state index is -0.227. The van der Waals surface area contributed by atoms with Crippen molar-refractivity contribution in [2.24, 2.45) is 17.1 Å². The Labute approximate surface area is 113 Å². The summed E-state index contributed by atoms with van der Waals surface area (Å²) in [7, 11) is 0. The SMILES string of the molecule is CCC(C)(OCC(C)C(C)(C)N)C(C)(C)CCO. The quantitative estimate of drug-likeness (QED) is 0.704. The summed E-state index contributed by atoms with van der Waals surface area (Å²) in [6.45, 7) is 15.6. The number of aliphatic hydroxyl groups excluding tert-OH is 1. The van der Waals surface area contributed by atoms with Crippen molar-refractivity contribution in [3.63, 3.8) is 0 Å². The van der Waals surface area contributed by atoms with E-state index >= 15 is 0 Å². The third-order valence-electron chi connectivity index (χ3n) is 4.77. The Morgan fingerprint density at radius 1 is 1.17 bits per heavy atom. The number of hydrogen-bond acceptors (Lipinski definition) is 3. The van der Waals surface area contributed by atoms with Crippen LogP contribution in [-0.2, 0) is 4.74 Å². The molecule has 110 valence electrons. The summed E-state index contributed by atoms with van der Waals surface area (Å²) in [5.74, 6) is 0.299. The summed E-state index contributed by atoms with van der Waals surface area (Å²) < 4.78 is 6.19. The number of ether oxygens (including phenoxy) is 1. The maximum atomic E-state index is 9.19. The van der Waals surface area contributed by atoms with E-state index in [1.165, 1.54) is 0 Å². The molecule has 3 heteroatoms. The van der Waals surface area contributed by atoms with Crippen molar-refractivity contribution in [3.8, 4) is 0 Å². The Morgan fingerprint density at radius 3 is 2.00 bits per heavy atom. The number of nitrogens with two attached hydrogens (primary N) is 1. The summed E-state index contributed by atoms with van der Waals surface area (Å²) in [4.78, 5) is 0. The molecule has 0 amide bonds. The lowest BCUT2D eigenvalue weighted by atomic mass is 9.72. The van der Waals surface area contributed by atoms with E-state index in [1.54, 1.807) is 0 Å². The van der Waals surface area contributed by atoms with Gasteiger partial charge < -0.3 is 15.6 Å². The van der Waals surface area contributed by atoms with Crippen molar-refractivity contribution >= 4 is 0 Å². The topological polar surface area (TPSA) is 55.5 Å². The molecule has 0 aromatic carbocycles. The van der Waals surface area contributed by atoms with Gasteiger partial charge in [-0.15, -0.1) is 0 Å². The van der Waals surface area contributed by atoms with Crippen LogP contribution in [0.2, 0.25) is 0 Å². The first-order valence-electron chi connectivity index (χ1n) is 7.04. The average Bonchev–Trinajstić information content (AvgIpc) is 2.23. The van der Waals surface area contributed by atoms with Crippen LogP contribution in [0, 0.1) is 11.3 Å². The molecule has 3 nitrogen and oxygen atoms in total. The first-order chi connectivity index (χ1) is 8.00. The molecule has 18 heavy (non-hydrogen) atoms. The van der Waals surface area contributed by atoms with Crippen molar-refractivity contribution in [3.05, 3.63) is 0 Å². The fraction of sp³-hybridized carbons (Fsp3) is 1.00. The molecule has 0 aliphatic heterocycles. The van der Waals surface area contributed by atoms with Gasteiger partial charge in [0.1, 0.15) is 0 Å². The van der Waals surface area contributed by atoms with Crippen molar-refractivity contribution in [2.45, 2.75) is 72.4 Å². The minimum absolute atomic E-state index is 0.0467. The number of aliphatic hydroxyl groups is 1. The molecule has 0 rings (SSSR count). The largest absolute Gasteiger partial charge is 0.396 e. The fourth-order valence-electron chi connectivity index (χ4n) is 1.84. The molecule has 0 saturated heterocycles. The van der Waals surface area contributed by atoms with Gasteiger partial charge in [-0.1, -0.05) is 27.7 Å². The van der Waals surface area contributed by atoms with Crippen molar-refractivity contribution in [1.29, 1.82) is 0 Å². The smallest absolute Gasteiger partial charge is 0.0703 e. The summed E-state index contributed by atoms with van der Waals surface area (Å²) in [5, 5.41) is 9.19. The summed E-state index contributed by atoms with van der Waals surface area (Å²) >= 11 is 0. The molecule has 0 spiro atoms. The van der Waals surface area contributed by atoms with Crippen LogP contribution in [0.25, 0.3) is 0 Å². The van der Waals surface area contributed by atoms with Crippen LogP contribution < -0.4 is 5.73 Å². The number of hydrogen-bond donors (Lipinski definition) is 2. The van der Waals surface area contributed by atoms with Gasteiger partial charge in [-0.2, -0.15) is 0 Å². The molecule has 2 unspecified atom stereocenters. The van der Waals surface area contributed by atoms with E-state index in [9.17, 15) is 5.11 Å². The third kappa shape index (κ3) is 4.52. The van der Waals surface area contributed by atoms with Crippen molar-refractivity contribution in [2.75, 3.05) is 13.2 Å². The van der Waals surface area contributed by atoms with E-state index in [-0.39, 0.29) is 23.2 Å². The maximum Gasteiger partial charge on any atom is 0.0703 e. The second kappa shape index (κ2) is 6.36. The van der Waals surface area contributed by atoms with Gasteiger partial charge >= 0.3 is 0 Å². The first-order valence-corrected chi connectivity index (χ1v) is 7.04. The van der Waals surface area contributed by atoms with Crippen LogP contribution in [0.4, 0.5) is 0 Å². The molecule has 0 bridgehead atoms. The standard InChI is InChI=1S/C15H33NO2/c1-8-15(7,13(3,4)9-10-17)18-11-12(2)14(5,6)16/h12,17H,8-11,16H2,1-7H3. The second-order valence-corrected chi connectivity index (χ2v) is 6.98. The molecule has 0 aromatic heterocycles. The first kappa shape index (κ1) is 17.9. The Bertz CT molecular complexity index is 245. The summed E-state index contributed by atoms with van der Waals surface area (Å²) in [6, 6.07) is 0. The molecule has 2 atom stereocenters. The molecule has 0 saturated carbocycles. The highest BCUT2D eigenvalue weighted by Gasteiger charge is 2.40. The molecule has 3 N–H and O–H groups in total. The lowest BCUT2D eigenvalue weighted by Crippen LogP contribution is -2.48. The normalized spacial score (nSPS) is 18.5. The Morgan fingerprint density at radius 2 is 1.67 bits per heavy atom. The van der Waals surface area contributed by atoms with Crippen molar-refractivity contribution in [1.82, 2.24) is 0 Å². The highest BCUT2D eigenvalue weighted by molar-refractivity contribution is 4.91. The average molecular weight is 259 g/mol. The van der Waals surface area contributed by atoms with E-state index in [4.69, 9.17) is 10.5 Å². The van der Waals surface area contributed by atoms with Gasteiger partial charge in [0.05, 0.1) is 12.2 Å². The molecule has 0 heterocycles. The summed E-state index contributed by atoms with van der Waals surface area (Å²) in [6.07, 6.45) is 1.68. The molecule has 0 fully saturated rings. The van der Waals surface area contributed by atoms with Gasteiger partial charge in [0, 0.05) is 12.1 Å². The lowest BCUT2D eigenvalue weighted by Gasteiger charge is -2.45. The van der Waals surface area contributed by atoms with E-state index in [2.05, 4.69) is 34.6 Å². The highest BCUT2D eigenvalue weighted by atomic mass is 16.5. The third-order valence-corrected chi connectivity index (χ3v) is 4.77. The van der Waals surface area contributed by atoms with Crippen molar-refractivity contribution < 1.29 is 9.84 Å². The predicted octanol–water partition coefficient (Wildman–Crippen LogP) is 2.95. The van der Waals surface area contributed by atoms with Gasteiger partial charge in [-0.3, -0.25) is 0 Å². The van der Waals surface area contributed by atoms with E-state index < -0.39 is 0 Å². The fourth-order valence-corrected chi connectivity index (χ4v) is 1.84. The molecular formula is C15H33NO2. The van der Waals surface area contributed by atoms with Gasteiger partial charge in [0.25, 0.3) is 0 Å². The van der Waals surface area contributed by atoms with Gasteiger partial charge in [0.15, 0.2) is 0 Å². The number of rotatable bonds is 8. The Hall–Kier alpha value is -0.120. The molecule has 0 aliphatic carbocycles. The minimum Gasteiger partial charge on any atom is -0.396 e.